The molecular formula is C15H20N2. The molecule has 1 aliphatic rings. The molecule has 0 spiro atoms. The summed E-state index contributed by atoms with van der Waals surface area (Å²) in [6.45, 7) is 4.50. The third-order valence-electron chi connectivity index (χ3n) is 3.99. The monoisotopic (exact) mass is 228 g/mol. The Hall–Kier alpha value is -1.28. The first-order chi connectivity index (χ1) is 8.03. The van der Waals surface area contributed by atoms with Crippen LogP contribution in [0.3, 0.4) is 0 Å². The molecule has 1 fully saturated rings. The van der Waals surface area contributed by atoms with Crippen LogP contribution in [0.1, 0.15) is 43.7 Å². The number of nitrogens with two attached hydrogens (primary N) is 1. The fraction of sp³-hybridized carbons (Fsp3) is 0.467. The highest BCUT2D eigenvalue weighted by molar-refractivity contribution is 5.89. The van der Waals surface area contributed by atoms with E-state index in [1.165, 1.54) is 22.0 Å². The van der Waals surface area contributed by atoms with Gasteiger partial charge < -0.3 is 10.3 Å². The summed E-state index contributed by atoms with van der Waals surface area (Å²) in [5.74, 6) is 0.544. The second-order valence-corrected chi connectivity index (χ2v) is 5.71. The molecule has 1 saturated carbocycles. The molecule has 0 saturated heterocycles. The summed E-state index contributed by atoms with van der Waals surface area (Å²) in [6.07, 6.45) is 4.47. The van der Waals surface area contributed by atoms with Crippen LogP contribution in [0.5, 0.6) is 0 Å². The predicted molar refractivity (Wildman–Crippen MR) is 72.1 cm³/mol. The molecule has 2 aromatic rings. The molecule has 1 aromatic heterocycles. The molecule has 0 bridgehead atoms. The highest BCUT2D eigenvalue weighted by Crippen LogP contribution is 2.47. The normalized spacial score (nSPS) is 17.9. The first-order valence-electron chi connectivity index (χ1n) is 6.40. The van der Waals surface area contributed by atoms with Crippen molar-refractivity contribution in [1.29, 1.82) is 0 Å². The summed E-state index contributed by atoms with van der Waals surface area (Å²) in [6, 6.07) is 6.58. The highest BCUT2D eigenvalue weighted by Gasteiger charge is 2.42. The van der Waals surface area contributed by atoms with E-state index in [0.717, 1.165) is 12.8 Å². The lowest BCUT2D eigenvalue weighted by Crippen LogP contribution is -2.18. The van der Waals surface area contributed by atoms with E-state index in [2.05, 4.69) is 49.9 Å². The summed E-state index contributed by atoms with van der Waals surface area (Å²) >= 11 is 0. The Labute approximate surface area is 102 Å². The van der Waals surface area contributed by atoms with Crippen LogP contribution in [0.15, 0.2) is 24.4 Å². The van der Waals surface area contributed by atoms with Crippen molar-refractivity contribution < 1.29 is 0 Å². The van der Waals surface area contributed by atoms with Crippen LogP contribution in [0.2, 0.25) is 0 Å². The van der Waals surface area contributed by atoms with E-state index in [1.807, 2.05) is 0 Å². The Kier molecular flexibility index (Phi) is 2.14. The second-order valence-electron chi connectivity index (χ2n) is 5.71. The molecule has 90 valence electrons. The predicted octanol–water partition coefficient (Wildman–Crippen LogP) is 3.25. The van der Waals surface area contributed by atoms with Crippen molar-refractivity contribution in [2.24, 2.45) is 12.8 Å². The lowest BCUT2D eigenvalue weighted by atomic mass is 9.94. The molecular weight excluding hydrogens is 208 g/mol. The van der Waals surface area contributed by atoms with Gasteiger partial charge in [-0.25, -0.2) is 0 Å². The summed E-state index contributed by atoms with van der Waals surface area (Å²) in [5.41, 5.74) is 10.4. The number of aromatic nitrogens is 1. The number of benzene rings is 1. The zero-order valence-corrected chi connectivity index (χ0v) is 10.8. The highest BCUT2D eigenvalue weighted by atomic mass is 14.9. The Bertz CT molecular complexity index is 574. The van der Waals surface area contributed by atoms with E-state index in [4.69, 9.17) is 5.73 Å². The van der Waals surface area contributed by atoms with Gasteiger partial charge >= 0.3 is 0 Å². The minimum atomic E-state index is -0.0511. The zero-order valence-electron chi connectivity index (χ0n) is 10.8. The van der Waals surface area contributed by atoms with Gasteiger partial charge in [0.25, 0.3) is 0 Å². The second kappa shape index (κ2) is 3.36. The number of hydrogen-bond donors (Lipinski definition) is 1. The molecule has 3 rings (SSSR count). The Morgan fingerprint density at radius 1 is 1.29 bits per heavy atom. The Morgan fingerprint density at radius 3 is 2.59 bits per heavy atom. The lowest BCUT2D eigenvalue weighted by Gasteiger charge is -2.12. The molecule has 0 unspecified atom stereocenters. The molecule has 2 nitrogen and oxygen atoms in total. The van der Waals surface area contributed by atoms with Gasteiger partial charge in [-0.15, -0.1) is 0 Å². The molecule has 1 aliphatic carbocycles. The topological polar surface area (TPSA) is 30.9 Å². The van der Waals surface area contributed by atoms with Crippen molar-refractivity contribution >= 4 is 10.9 Å². The van der Waals surface area contributed by atoms with E-state index in [0.29, 0.717) is 5.92 Å². The molecule has 2 heteroatoms. The van der Waals surface area contributed by atoms with Gasteiger partial charge in [-0.3, -0.25) is 0 Å². The zero-order chi connectivity index (χ0) is 12.2. The maximum absolute atomic E-state index is 6.40. The van der Waals surface area contributed by atoms with Crippen molar-refractivity contribution in [3.63, 3.8) is 0 Å². The van der Waals surface area contributed by atoms with Gasteiger partial charge in [0, 0.05) is 29.7 Å². The summed E-state index contributed by atoms with van der Waals surface area (Å²) in [7, 11) is 2.11. The molecule has 0 amide bonds. The molecule has 17 heavy (non-hydrogen) atoms. The number of rotatable bonds is 2. The summed E-state index contributed by atoms with van der Waals surface area (Å²) in [4.78, 5) is 0. The molecule has 0 radical (unpaired) electrons. The maximum Gasteiger partial charge on any atom is 0.0484 e. The van der Waals surface area contributed by atoms with Crippen LogP contribution < -0.4 is 5.73 Å². The number of hydrogen-bond acceptors (Lipinski definition) is 1. The van der Waals surface area contributed by atoms with Gasteiger partial charge in [-0.05, 0) is 36.0 Å². The first kappa shape index (κ1) is 10.8. The van der Waals surface area contributed by atoms with Crippen molar-refractivity contribution in [2.75, 3.05) is 0 Å². The quantitative estimate of drug-likeness (QED) is 0.840. The molecule has 1 heterocycles. The first-order valence-corrected chi connectivity index (χ1v) is 6.40. The van der Waals surface area contributed by atoms with Gasteiger partial charge in [0.15, 0.2) is 0 Å². The van der Waals surface area contributed by atoms with Crippen molar-refractivity contribution in [1.82, 2.24) is 4.57 Å². The third-order valence-corrected chi connectivity index (χ3v) is 3.99. The Morgan fingerprint density at radius 2 is 2.00 bits per heavy atom. The van der Waals surface area contributed by atoms with E-state index >= 15 is 0 Å². The maximum atomic E-state index is 6.40. The standard InChI is InChI=1S/C15H20N2/c1-10(2)11-5-4-6-13-14(11)12(9-17(13)3)15(16)7-8-15/h4-6,9-10H,7-8,16H2,1-3H3. The molecule has 2 N–H and O–H groups in total. The number of fused-ring (bicyclic) bond motifs is 1. The smallest absolute Gasteiger partial charge is 0.0484 e. The number of aryl methyl sites for hydroxylation is 1. The van der Waals surface area contributed by atoms with Crippen LogP contribution in [0.25, 0.3) is 10.9 Å². The Balaban J connectivity index is 2.36. The van der Waals surface area contributed by atoms with Crippen LogP contribution >= 0.6 is 0 Å². The van der Waals surface area contributed by atoms with Crippen LogP contribution in [0, 0.1) is 0 Å². The van der Waals surface area contributed by atoms with Crippen molar-refractivity contribution in [3.8, 4) is 0 Å². The van der Waals surface area contributed by atoms with Crippen LogP contribution in [-0.2, 0) is 12.6 Å². The lowest BCUT2D eigenvalue weighted by molar-refractivity contribution is 0.739. The van der Waals surface area contributed by atoms with Gasteiger partial charge in [0.1, 0.15) is 0 Å². The summed E-state index contributed by atoms with van der Waals surface area (Å²) < 4.78 is 2.21. The van der Waals surface area contributed by atoms with Crippen molar-refractivity contribution in [3.05, 3.63) is 35.5 Å². The minimum Gasteiger partial charge on any atom is -0.350 e. The SMILES string of the molecule is CC(C)c1cccc2c1c(C1(N)CC1)cn2C. The third kappa shape index (κ3) is 1.51. The average Bonchev–Trinajstić information content (AvgIpc) is 2.94. The van der Waals surface area contributed by atoms with E-state index < -0.39 is 0 Å². The molecule has 0 aliphatic heterocycles. The average molecular weight is 228 g/mol. The summed E-state index contributed by atoms with van der Waals surface area (Å²) in [5, 5.41) is 1.39. The van der Waals surface area contributed by atoms with Crippen LogP contribution in [-0.4, -0.2) is 4.57 Å². The van der Waals surface area contributed by atoms with Crippen molar-refractivity contribution in [2.45, 2.75) is 38.1 Å². The van der Waals surface area contributed by atoms with Gasteiger partial charge in [0.2, 0.25) is 0 Å². The molecule has 0 atom stereocenters. The minimum absolute atomic E-state index is 0.0511. The fourth-order valence-corrected chi connectivity index (χ4v) is 2.74. The van der Waals surface area contributed by atoms with Gasteiger partial charge in [-0.2, -0.15) is 0 Å². The van der Waals surface area contributed by atoms with Gasteiger partial charge in [-0.1, -0.05) is 26.0 Å². The van der Waals surface area contributed by atoms with E-state index in [-0.39, 0.29) is 5.54 Å². The molecule has 1 aromatic carbocycles. The number of nitrogens with zero attached hydrogens (tertiary/aromatic N) is 1. The van der Waals surface area contributed by atoms with E-state index in [1.54, 1.807) is 0 Å². The van der Waals surface area contributed by atoms with Gasteiger partial charge in [0.05, 0.1) is 0 Å². The fourth-order valence-electron chi connectivity index (χ4n) is 2.74. The van der Waals surface area contributed by atoms with Crippen LogP contribution in [0.4, 0.5) is 0 Å². The van der Waals surface area contributed by atoms with E-state index in [9.17, 15) is 0 Å². The largest absolute Gasteiger partial charge is 0.350 e.